The van der Waals surface area contributed by atoms with E-state index in [4.69, 9.17) is 5.73 Å². The molecule has 0 aromatic carbocycles. The summed E-state index contributed by atoms with van der Waals surface area (Å²) in [4.78, 5) is 6.72. The maximum atomic E-state index is 5.61. The Balaban J connectivity index is 2.16. The van der Waals surface area contributed by atoms with Crippen molar-refractivity contribution >= 4 is 11.5 Å². The Labute approximate surface area is 84.9 Å². The van der Waals surface area contributed by atoms with Crippen molar-refractivity contribution in [2.75, 3.05) is 17.2 Å². The van der Waals surface area contributed by atoms with Crippen molar-refractivity contribution in [2.24, 2.45) is 0 Å². The van der Waals surface area contributed by atoms with Gasteiger partial charge in [-0.05, 0) is 38.3 Å². The van der Waals surface area contributed by atoms with Crippen molar-refractivity contribution in [1.29, 1.82) is 0 Å². The third-order valence-corrected chi connectivity index (χ3v) is 2.87. The van der Waals surface area contributed by atoms with E-state index in [0.29, 0.717) is 6.04 Å². The highest BCUT2D eigenvalue weighted by Gasteiger charge is 2.18. The quantitative estimate of drug-likeness (QED) is 0.738. The third-order valence-electron chi connectivity index (χ3n) is 2.87. The van der Waals surface area contributed by atoms with Gasteiger partial charge in [0.2, 0.25) is 0 Å². The molecule has 1 aliphatic rings. The first-order chi connectivity index (χ1) is 6.77. The molecule has 2 rings (SSSR count). The second-order valence-electron chi connectivity index (χ2n) is 3.99. The molecule has 1 aromatic heterocycles. The molecule has 0 amide bonds. The van der Waals surface area contributed by atoms with E-state index >= 15 is 0 Å². The summed E-state index contributed by atoms with van der Waals surface area (Å²) in [6, 6.07) is 4.54. The molecule has 2 heterocycles. The molecule has 14 heavy (non-hydrogen) atoms. The van der Waals surface area contributed by atoms with Gasteiger partial charge < -0.3 is 10.6 Å². The number of pyridine rings is 1. The van der Waals surface area contributed by atoms with E-state index in [1.807, 2.05) is 12.1 Å². The van der Waals surface area contributed by atoms with Gasteiger partial charge in [-0.25, -0.2) is 4.98 Å². The Morgan fingerprint density at radius 1 is 1.43 bits per heavy atom. The van der Waals surface area contributed by atoms with Crippen LogP contribution < -0.4 is 10.6 Å². The summed E-state index contributed by atoms with van der Waals surface area (Å²) in [7, 11) is 0. The summed E-state index contributed by atoms with van der Waals surface area (Å²) in [6.07, 6.45) is 5.62. The molecule has 0 bridgehead atoms. The van der Waals surface area contributed by atoms with E-state index in [-0.39, 0.29) is 0 Å². The average molecular weight is 191 g/mol. The summed E-state index contributed by atoms with van der Waals surface area (Å²) in [5.41, 5.74) is 6.34. The molecular weight excluding hydrogens is 174 g/mol. The van der Waals surface area contributed by atoms with Gasteiger partial charge >= 0.3 is 0 Å². The van der Waals surface area contributed by atoms with Gasteiger partial charge in [0.1, 0.15) is 5.82 Å². The van der Waals surface area contributed by atoms with Gasteiger partial charge in [-0.3, -0.25) is 0 Å². The minimum absolute atomic E-state index is 0.611. The van der Waals surface area contributed by atoms with Gasteiger partial charge in [-0.1, -0.05) is 0 Å². The second kappa shape index (κ2) is 3.86. The van der Waals surface area contributed by atoms with Crippen molar-refractivity contribution < 1.29 is 0 Å². The molecule has 2 N–H and O–H groups in total. The molecule has 3 nitrogen and oxygen atoms in total. The average Bonchev–Trinajstić information content (AvgIpc) is 2.20. The number of nitrogen functional groups attached to an aromatic ring is 1. The molecule has 1 atom stereocenters. The molecule has 3 heteroatoms. The minimum atomic E-state index is 0.611. The number of piperidine rings is 1. The predicted octanol–water partition coefficient (Wildman–Crippen LogP) is 2.04. The minimum Gasteiger partial charge on any atom is -0.397 e. The van der Waals surface area contributed by atoms with Crippen LogP contribution in [-0.2, 0) is 0 Å². The lowest BCUT2D eigenvalue weighted by atomic mass is 10.0. The van der Waals surface area contributed by atoms with Crippen LogP contribution in [0.5, 0.6) is 0 Å². The summed E-state index contributed by atoms with van der Waals surface area (Å²) in [5, 5.41) is 0. The Morgan fingerprint density at radius 3 is 2.93 bits per heavy atom. The van der Waals surface area contributed by atoms with Crippen LogP contribution in [0.15, 0.2) is 18.3 Å². The first-order valence-electron chi connectivity index (χ1n) is 5.25. The molecule has 0 radical (unpaired) electrons. The number of nitrogens with two attached hydrogens (primary N) is 1. The van der Waals surface area contributed by atoms with E-state index in [2.05, 4.69) is 16.8 Å². The second-order valence-corrected chi connectivity index (χ2v) is 3.99. The molecule has 0 saturated carbocycles. The number of aromatic nitrogens is 1. The van der Waals surface area contributed by atoms with Crippen molar-refractivity contribution in [2.45, 2.75) is 32.2 Å². The van der Waals surface area contributed by atoms with Gasteiger partial charge in [0.05, 0.1) is 11.9 Å². The van der Waals surface area contributed by atoms with Gasteiger partial charge in [0, 0.05) is 12.6 Å². The molecule has 0 spiro atoms. The lowest BCUT2D eigenvalue weighted by Gasteiger charge is -2.34. The predicted molar refractivity (Wildman–Crippen MR) is 59.3 cm³/mol. The molecular formula is C11H17N3. The number of nitrogens with zero attached hydrogens (tertiary/aromatic N) is 2. The highest BCUT2D eigenvalue weighted by molar-refractivity contribution is 5.46. The molecule has 0 aliphatic carbocycles. The molecule has 1 aliphatic heterocycles. The number of rotatable bonds is 1. The fraction of sp³-hybridized carbons (Fsp3) is 0.545. The van der Waals surface area contributed by atoms with Crippen LogP contribution >= 0.6 is 0 Å². The van der Waals surface area contributed by atoms with Gasteiger partial charge in [-0.15, -0.1) is 0 Å². The van der Waals surface area contributed by atoms with E-state index in [0.717, 1.165) is 18.1 Å². The smallest absolute Gasteiger partial charge is 0.128 e. The zero-order valence-corrected chi connectivity index (χ0v) is 8.61. The summed E-state index contributed by atoms with van der Waals surface area (Å²) in [6.45, 7) is 3.38. The van der Waals surface area contributed by atoms with Gasteiger partial charge in [-0.2, -0.15) is 0 Å². The molecule has 76 valence electrons. The number of anilines is 2. The van der Waals surface area contributed by atoms with Crippen LogP contribution in [0.1, 0.15) is 26.2 Å². The van der Waals surface area contributed by atoms with Crippen LogP contribution in [0.4, 0.5) is 11.5 Å². The Morgan fingerprint density at radius 2 is 2.29 bits per heavy atom. The molecule has 1 fully saturated rings. The molecule has 1 saturated heterocycles. The third kappa shape index (κ3) is 1.81. The molecule has 1 unspecified atom stereocenters. The fourth-order valence-electron chi connectivity index (χ4n) is 2.01. The standard InChI is InChI=1S/C11H17N3/c1-9-4-2-3-7-14(9)11-6-5-10(12)8-13-11/h5-6,8-9H,2-4,7,12H2,1H3. The first kappa shape index (κ1) is 9.31. The summed E-state index contributed by atoms with van der Waals surface area (Å²) < 4.78 is 0. The zero-order valence-electron chi connectivity index (χ0n) is 8.61. The van der Waals surface area contributed by atoms with Crippen molar-refractivity contribution in [3.05, 3.63) is 18.3 Å². The van der Waals surface area contributed by atoms with E-state index < -0.39 is 0 Å². The highest BCUT2D eigenvalue weighted by Crippen LogP contribution is 2.22. The highest BCUT2D eigenvalue weighted by atomic mass is 15.2. The SMILES string of the molecule is CC1CCCCN1c1ccc(N)cn1. The van der Waals surface area contributed by atoms with E-state index in [1.165, 1.54) is 19.3 Å². The maximum absolute atomic E-state index is 5.61. The van der Waals surface area contributed by atoms with Gasteiger partial charge in [0.15, 0.2) is 0 Å². The lowest BCUT2D eigenvalue weighted by Crippen LogP contribution is -2.37. The Hall–Kier alpha value is -1.25. The summed E-state index contributed by atoms with van der Waals surface area (Å²) >= 11 is 0. The first-order valence-corrected chi connectivity index (χ1v) is 5.25. The van der Waals surface area contributed by atoms with Crippen molar-refractivity contribution in [3.8, 4) is 0 Å². The van der Waals surface area contributed by atoms with Crippen molar-refractivity contribution in [1.82, 2.24) is 4.98 Å². The normalized spacial score (nSPS) is 22.4. The number of hydrogen-bond donors (Lipinski definition) is 1. The van der Waals surface area contributed by atoms with Gasteiger partial charge in [0.25, 0.3) is 0 Å². The Kier molecular flexibility index (Phi) is 2.57. The van der Waals surface area contributed by atoms with Crippen LogP contribution in [-0.4, -0.2) is 17.6 Å². The van der Waals surface area contributed by atoms with Crippen LogP contribution in [0.3, 0.4) is 0 Å². The lowest BCUT2D eigenvalue weighted by molar-refractivity contribution is 0.481. The topological polar surface area (TPSA) is 42.1 Å². The van der Waals surface area contributed by atoms with Crippen LogP contribution in [0, 0.1) is 0 Å². The Bertz CT molecular complexity index is 294. The largest absolute Gasteiger partial charge is 0.397 e. The molecule has 1 aromatic rings. The fourth-order valence-corrected chi connectivity index (χ4v) is 2.01. The van der Waals surface area contributed by atoms with Crippen LogP contribution in [0.2, 0.25) is 0 Å². The van der Waals surface area contributed by atoms with E-state index in [1.54, 1.807) is 6.20 Å². The zero-order chi connectivity index (χ0) is 9.97. The number of hydrogen-bond acceptors (Lipinski definition) is 3. The van der Waals surface area contributed by atoms with Crippen LogP contribution in [0.25, 0.3) is 0 Å². The van der Waals surface area contributed by atoms with Crippen molar-refractivity contribution in [3.63, 3.8) is 0 Å². The summed E-state index contributed by atoms with van der Waals surface area (Å²) in [5.74, 6) is 1.06. The monoisotopic (exact) mass is 191 g/mol. The van der Waals surface area contributed by atoms with E-state index in [9.17, 15) is 0 Å². The maximum Gasteiger partial charge on any atom is 0.128 e.